The van der Waals surface area contributed by atoms with Crippen LogP contribution in [0, 0.1) is 0 Å². The Kier molecular flexibility index (Phi) is 5.95. The van der Waals surface area contributed by atoms with E-state index in [9.17, 15) is 9.59 Å². The highest BCUT2D eigenvalue weighted by molar-refractivity contribution is 5.79. The summed E-state index contributed by atoms with van der Waals surface area (Å²) >= 11 is 0. The van der Waals surface area contributed by atoms with Crippen LogP contribution in [0.25, 0.3) is 10.9 Å². The molecule has 0 spiro atoms. The first-order valence-electron chi connectivity index (χ1n) is 10.6. The summed E-state index contributed by atoms with van der Waals surface area (Å²) in [5.41, 5.74) is 1.80. The van der Waals surface area contributed by atoms with Gasteiger partial charge in [-0.05, 0) is 31.5 Å². The monoisotopic (exact) mass is 404 g/mol. The summed E-state index contributed by atoms with van der Waals surface area (Å²) in [5.74, 6) is 0.966. The predicted octanol–water partition coefficient (Wildman–Crippen LogP) is 2.86. The van der Waals surface area contributed by atoms with Crippen LogP contribution < -0.4 is 5.56 Å². The van der Waals surface area contributed by atoms with Gasteiger partial charge in [-0.3, -0.25) is 19.1 Å². The lowest BCUT2D eigenvalue weighted by molar-refractivity contribution is -0.132. The van der Waals surface area contributed by atoms with Crippen LogP contribution in [0.3, 0.4) is 0 Å². The Hall–Kier alpha value is -2.99. The fraction of sp³-hybridized carbons (Fsp3) is 0.375. The van der Waals surface area contributed by atoms with Crippen LogP contribution in [-0.4, -0.2) is 51.4 Å². The van der Waals surface area contributed by atoms with Gasteiger partial charge >= 0.3 is 0 Å². The standard InChI is InChI=1S/C24H28N4O2/c1-3-28-23(25-21-12-8-7-11-20(21)24(28)30)18(2)26-13-15-27(16-14-26)22(29)17-19-9-5-4-6-10-19/h4-12,18H,3,13-17H2,1-2H3. The van der Waals surface area contributed by atoms with Gasteiger partial charge in [0, 0.05) is 32.7 Å². The first kappa shape index (κ1) is 20.3. The second-order valence-corrected chi connectivity index (χ2v) is 7.79. The normalized spacial score (nSPS) is 16.0. The van der Waals surface area contributed by atoms with Crippen molar-refractivity contribution >= 4 is 16.8 Å². The van der Waals surface area contributed by atoms with Gasteiger partial charge in [0.2, 0.25) is 5.91 Å². The molecular formula is C24H28N4O2. The Labute approximate surface area is 176 Å². The molecule has 1 aliphatic rings. The number of aromatic nitrogens is 2. The van der Waals surface area contributed by atoms with Crippen LogP contribution in [0.2, 0.25) is 0 Å². The average molecular weight is 405 g/mol. The van der Waals surface area contributed by atoms with Crippen molar-refractivity contribution < 1.29 is 4.79 Å². The zero-order valence-corrected chi connectivity index (χ0v) is 17.6. The van der Waals surface area contributed by atoms with Crippen molar-refractivity contribution in [2.24, 2.45) is 0 Å². The van der Waals surface area contributed by atoms with Gasteiger partial charge in [0.05, 0.1) is 23.4 Å². The Balaban J connectivity index is 1.47. The Morgan fingerprint density at radius 3 is 2.37 bits per heavy atom. The second kappa shape index (κ2) is 8.79. The molecule has 2 aromatic carbocycles. The van der Waals surface area contributed by atoms with Gasteiger partial charge in [0.25, 0.3) is 5.56 Å². The molecule has 1 amide bonds. The van der Waals surface area contributed by atoms with Gasteiger partial charge in [-0.25, -0.2) is 4.98 Å². The first-order chi connectivity index (χ1) is 14.6. The molecule has 1 aromatic heterocycles. The van der Waals surface area contributed by atoms with Crippen LogP contribution in [0.15, 0.2) is 59.4 Å². The molecule has 1 aliphatic heterocycles. The SMILES string of the molecule is CCn1c(C(C)N2CCN(C(=O)Cc3ccccc3)CC2)nc2ccccc2c1=O. The highest BCUT2D eigenvalue weighted by Gasteiger charge is 2.27. The van der Waals surface area contributed by atoms with E-state index in [0.29, 0.717) is 31.4 Å². The summed E-state index contributed by atoms with van der Waals surface area (Å²) in [6.07, 6.45) is 0.442. The van der Waals surface area contributed by atoms with Gasteiger partial charge in [-0.1, -0.05) is 42.5 Å². The van der Waals surface area contributed by atoms with E-state index in [4.69, 9.17) is 4.98 Å². The van der Waals surface area contributed by atoms with Gasteiger partial charge in [-0.2, -0.15) is 0 Å². The van der Waals surface area contributed by atoms with Crippen molar-refractivity contribution in [1.29, 1.82) is 0 Å². The summed E-state index contributed by atoms with van der Waals surface area (Å²) in [7, 11) is 0. The lowest BCUT2D eigenvalue weighted by Crippen LogP contribution is -2.50. The fourth-order valence-electron chi connectivity index (χ4n) is 4.21. The molecule has 1 unspecified atom stereocenters. The number of nitrogens with zero attached hydrogens (tertiary/aromatic N) is 4. The van der Waals surface area contributed by atoms with Crippen molar-refractivity contribution in [2.75, 3.05) is 26.2 Å². The molecule has 30 heavy (non-hydrogen) atoms. The van der Waals surface area contributed by atoms with E-state index in [1.165, 1.54) is 0 Å². The lowest BCUT2D eigenvalue weighted by atomic mass is 10.1. The minimum atomic E-state index is 0.00799. The molecule has 0 N–H and O–H groups in total. The molecule has 6 nitrogen and oxygen atoms in total. The molecule has 1 atom stereocenters. The molecule has 0 bridgehead atoms. The number of hydrogen-bond acceptors (Lipinski definition) is 4. The minimum Gasteiger partial charge on any atom is -0.340 e. The molecule has 3 aromatic rings. The van der Waals surface area contributed by atoms with Crippen LogP contribution in [0.1, 0.15) is 31.3 Å². The molecule has 4 rings (SSSR count). The van der Waals surface area contributed by atoms with Gasteiger partial charge in [0.15, 0.2) is 0 Å². The fourth-order valence-corrected chi connectivity index (χ4v) is 4.21. The van der Waals surface area contributed by atoms with E-state index in [-0.39, 0.29) is 17.5 Å². The summed E-state index contributed by atoms with van der Waals surface area (Å²) in [6.45, 7) is 7.60. The van der Waals surface area contributed by atoms with Gasteiger partial charge in [-0.15, -0.1) is 0 Å². The lowest BCUT2D eigenvalue weighted by Gasteiger charge is -2.38. The summed E-state index contributed by atoms with van der Waals surface area (Å²) in [4.78, 5) is 34.7. The number of hydrogen-bond donors (Lipinski definition) is 0. The smallest absolute Gasteiger partial charge is 0.261 e. The molecule has 0 aliphatic carbocycles. The maximum Gasteiger partial charge on any atom is 0.261 e. The second-order valence-electron chi connectivity index (χ2n) is 7.79. The topological polar surface area (TPSA) is 58.4 Å². The van der Waals surface area contributed by atoms with E-state index in [1.54, 1.807) is 4.57 Å². The van der Waals surface area contributed by atoms with Crippen LogP contribution in [0.5, 0.6) is 0 Å². The quantitative estimate of drug-likeness (QED) is 0.656. The molecule has 1 fully saturated rings. The molecule has 156 valence electrons. The maximum atomic E-state index is 12.9. The third-order valence-corrected chi connectivity index (χ3v) is 5.99. The van der Waals surface area contributed by atoms with E-state index in [2.05, 4.69) is 11.8 Å². The number of rotatable bonds is 5. The molecule has 0 saturated carbocycles. The van der Waals surface area contributed by atoms with E-state index in [0.717, 1.165) is 30.0 Å². The van der Waals surface area contributed by atoms with Crippen LogP contribution in [-0.2, 0) is 17.8 Å². The van der Waals surface area contributed by atoms with Crippen molar-refractivity contribution in [3.8, 4) is 0 Å². The molecule has 6 heteroatoms. The summed E-state index contributed by atoms with van der Waals surface area (Å²) < 4.78 is 1.78. The van der Waals surface area contributed by atoms with E-state index in [1.807, 2.05) is 66.4 Å². The number of amides is 1. The zero-order valence-electron chi connectivity index (χ0n) is 17.6. The van der Waals surface area contributed by atoms with Crippen molar-refractivity contribution in [3.63, 3.8) is 0 Å². The van der Waals surface area contributed by atoms with Gasteiger partial charge < -0.3 is 4.90 Å². The molecule has 1 saturated heterocycles. The van der Waals surface area contributed by atoms with Crippen molar-refractivity contribution in [2.45, 2.75) is 32.9 Å². The maximum absolute atomic E-state index is 12.9. The first-order valence-corrected chi connectivity index (χ1v) is 10.6. The minimum absolute atomic E-state index is 0.00799. The average Bonchev–Trinajstić information content (AvgIpc) is 2.79. The zero-order chi connectivity index (χ0) is 21.1. The van der Waals surface area contributed by atoms with E-state index < -0.39 is 0 Å². The Bertz CT molecular complexity index is 1090. The van der Waals surface area contributed by atoms with E-state index >= 15 is 0 Å². The Morgan fingerprint density at radius 1 is 1.00 bits per heavy atom. The number of fused-ring (bicyclic) bond motifs is 1. The molecule has 2 heterocycles. The Morgan fingerprint density at radius 2 is 1.67 bits per heavy atom. The number of benzene rings is 2. The van der Waals surface area contributed by atoms with Crippen LogP contribution in [0.4, 0.5) is 0 Å². The number of carbonyl (C=O) groups excluding carboxylic acids is 1. The number of piperazine rings is 1. The largest absolute Gasteiger partial charge is 0.340 e. The number of para-hydroxylation sites is 1. The predicted molar refractivity (Wildman–Crippen MR) is 118 cm³/mol. The van der Waals surface area contributed by atoms with Crippen molar-refractivity contribution in [1.82, 2.24) is 19.4 Å². The van der Waals surface area contributed by atoms with Gasteiger partial charge in [0.1, 0.15) is 5.82 Å². The summed E-state index contributed by atoms with van der Waals surface area (Å²) in [5, 5.41) is 0.659. The highest BCUT2D eigenvalue weighted by atomic mass is 16.2. The number of carbonyl (C=O) groups is 1. The third-order valence-electron chi connectivity index (χ3n) is 5.99. The summed E-state index contributed by atoms with van der Waals surface area (Å²) in [6, 6.07) is 17.4. The van der Waals surface area contributed by atoms with Crippen LogP contribution >= 0.6 is 0 Å². The third kappa shape index (κ3) is 4.00. The molecular weight excluding hydrogens is 376 g/mol. The van der Waals surface area contributed by atoms with Crippen molar-refractivity contribution in [3.05, 3.63) is 76.3 Å². The highest BCUT2D eigenvalue weighted by Crippen LogP contribution is 2.21. The molecule has 0 radical (unpaired) electrons.